The summed E-state index contributed by atoms with van der Waals surface area (Å²) in [6.07, 6.45) is -0.340. The normalized spacial score (nSPS) is 14.4. The number of carbonyl (C=O) groups is 1. The quantitative estimate of drug-likeness (QED) is 0.358. The minimum absolute atomic E-state index is 0.340. The topological polar surface area (TPSA) is 38.3 Å². The van der Waals surface area contributed by atoms with Crippen molar-refractivity contribution >= 4 is 19.1 Å². The lowest BCUT2D eigenvalue weighted by atomic mass is 10.2. The first-order chi connectivity index (χ1) is 4.52. The molecule has 0 bridgehead atoms. The maximum Gasteiger partial charge on any atom is 0.294 e. The monoisotopic (exact) mass is 163 g/mol. The van der Waals surface area contributed by atoms with Crippen LogP contribution in [0.4, 0.5) is 0 Å². The molecular formula is C6H13NO2S. The molecule has 0 saturated heterocycles. The highest BCUT2D eigenvalue weighted by Gasteiger charge is 2.24. The van der Waals surface area contributed by atoms with E-state index in [2.05, 4.69) is 22.7 Å². The van der Waals surface area contributed by atoms with Crippen LogP contribution in [0.15, 0.2) is 0 Å². The number of hydrogen-bond acceptors (Lipinski definition) is 4. The average Bonchev–Trinajstić information content (AvgIpc) is 1.80. The van der Waals surface area contributed by atoms with Crippen LogP contribution in [0.3, 0.4) is 0 Å². The molecule has 0 aromatic carbocycles. The smallest absolute Gasteiger partial charge is 0.294 e. The average molecular weight is 163 g/mol. The van der Waals surface area contributed by atoms with Crippen LogP contribution in [0.2, 0.25) is 0 Å². The summed E-state index contributed by atoms with van der Waals surface area (Å²) >= 11 is 4.22. The first-order valence-electron chi connectivity index (χ1n) is 3.01. The fraction of sp³-hybridized carbons (Fsp3) is 0.833. The van der Waals surface area contributed by atoms with Crippen molar-refractivity contribution in [3.63, 3.8) is 0 Å². The van der Waals surface area contributed by atoms with E-state index in [-0.39, 0.29) is 11.0 Å². The summed E-state index contributed by atoms with van der Waals surface area (Å²) in [6, 6.07) is 0. The van der Waals surface area contributed by atoms with Crippen LogP contribution >= 0.6 is 12.6 Å². The molecule has 1 N–H and O–H groups in total. The summed E-state index contributed by atoms with van der Waals surface area (Å²) in [7, 11) is 1.71. The van der Waals surface area contributed by atoms with E-state index in [4.69, 9.17) is 0 Å². The van der Waals surface area contributed by atoms with Gasteiger partial charge in [-0.05, 0) is 20.9 Å². The van der Waals surface area contributed by atoms with E-state index in [1.807, 2.05) is 13.8 Å². The molecule has 0 aliphatic carbocycles. The zero-order chi connectivity index (χ0) is 8.20. The Bertz CT molecular complexity index is 111. The molecule has 0 saturated carbocycles. The van der Waals surface area contributed by atoms with E-state index >= 15 is 0 Å². The first kappa shape index (κ1) is 9.78. The fourth-order valence-corrected chi connectivity index (χ4v) is 0.833. The van der Waals surface area contributed by atoms with Crippen LogP contribution in [0.25, 0.3) is 0 Å². The van der Waals surface area contributed by atoms with Crippen LogP contribution < -0.4 is 5.32 Å². The van der Waals surface area contributed by atoms with Gasteiger partial charge in [-0.25, -0.2) is 0 Å². The molecule has 0 fully saturated rings. The van der Waals surface area contributed by atoms with E-state index in [0.717, 1.165) is 0 Å². The molecule has 0 amide bonds. The van der Waals surface area contributed by atoms with Crippen molar-refractivity contribution < 1.29 is 9.53 Å². The molecule has 1 atom stereocenters. The lowest BCUT2D eigenvalue weighted by Gasteiger charge is -2.26. The molecule has 0 spiro atoms. The molecule has 0 aromatic heterocycles. The summed E-state index contributed by atoms with van der Waals surface area (Å²) in [6.45, 7) is 4.14. The van der Waals surface area contributed by atoms with Gasteiger partial charge in [-0.15, -0.1) is 0 Å². The van der Waals surface area contributed by atoms with Crippen molar-refractivity contribution in [2.24, 2.45) is 0 Å². The summed E-state index contributed by atoms with van der Waals surface area (Å²) in [5, 5.41) is 2.81. The van der Waals surface area contributed by atoms with Gasteiger partial charge in [-0.2, -0.15) is 12.6 Å². The van der Waals surface area contributed by atoms with Gasteiger partial charge in [0.15, 0.2) is 6.23 Å². The molecule has 60 valence electrons. The summed E-state index contributed by atoms with van der Waals surface area (Å²) < 4.78 is 4.34. The van der Waals surface area contributed by atoms with Crippen molar-refractivity contribution in [2.75, 3.05) is 7.05 Å². The molecule has 0 aliphatic rings. The molecule has 3 nitrogen and oxygen atoms in total. The lowest BCUT2D eigenvalue weighted by Crippen LogP contribution is -2.43. The Kier molecular flexibility index (Phi) is 3.75. The molecule has 0 heterocycles. The molecule has 0 radical (unpaired) electrons. The number of rotatable bonds is 4. The van der Waals surface area contributed by atoms with Crippen molar-refractivity contribution in [3.8, 4) is 0 Å². The molecule has 10 heavy (non-hydrogen) atoms. The van der Waals surface area contributed by atoms with Crippen molar-refractivity contribution in [1.29, 1.82) is 0 Å². The van der Waals surface area contributed by atoms with Gasteiger partial charge in [-0.1, -0.05) is 0 Å². The lowest BCUT2D eigenvalue weighted by molar-refractivity contribution is -0.136. The van der Waals surface area contributed by atoms with Crippen LogP contribution in [0.1, 0.15) is 13.8 Å². The second-order valence-corrected chi connectivity index (χ2v) is 3.71. The molecule has 0 aliphatic heterocycles. The predicted molar refractivity (Wildman–Crippen MR) is 43.1 cm³/mol. The van der Waals surface area contributed by atoms with Gasteiger partial charge in [-0.3, -0.25) is 10.1 Å². The largest absolute Gasteiger partial charge is 0.447 e. The third-order valence-electron chi connectivity index (χ3n) is 1.10. The predicted octanol–water partition coefficient (Wildman–Crippen LogP) is 0.413. The standard InChI is InChI=1S/C6H13NO2S/c1-6(2,10)5(7-3)9-4-8/h4-5,7,10H,1-3H3. The number of carbonyl (C=O) groups excluding carboxylic acids is 1. The van der Waals surface area contributed by atoms with Gasteiger partial charge < -0.3 is 4.74 Å². The van der Waals surface area contributed by atoms with Gasteiger partial charge in [0, 0.05) is 0 Å². The zero-order valence-electron chi connectivity index (χ0n) is 6.42. The summed E-state index contributed by atoms with van der Waals surface area (Å²) in [5.74, 6) is 0. The van der Waals surface area contributed by atoms with Gasteiger partial charge >= 0.3 is 0 Å². The Morgan fingerprint density at radius 2 is 2.20 bits per heavy atom. The highest BCUT2D eigenvalue weighted by atomic mass is 32.1. The van der Waals surface area contributed by atoms with E-state index < -0.39 is 0 Å². The minimum atomic E-state index is -0.352. The van der Waals surface area contributed by atoms with Crippen LogP contribution in [0.5, 0.6) is 0 Å². The molecule has 0 aromatic rings. The van der Waals surface area contributed by atoms with Crippen molar-refractivity contribution in [3.05, 3.63) is 0 Å². The summed E-state index contributed by atoms with van der Waals surface area (Å²) in [5.41, 5.74) is 0. The van der Waals surface area contributed by atoms with Gasteiger partial charge in [0.2, 0.25) is 0 Å². The highest BCUT2D eigenvalue weighted by molar-refractivity contribution is 7.81. The Hall–Kier alpha value is -0.220. The Morgan fingerprint density at radius 3 is 2.30 bits per heavy atom. The van der Waals surface area contributed by atoms with E-state index in [9.17, 15) is 4.79 Å². The minimum Gasteiger partial charge on any atom is -0.447 e. The number of thiol groups is 1. The SMILES string of the molecule is CNC(OC=O)C(C)(C)S. The van der Waals surface area contributed by atoms with E-state index in [1.54, 1.807) is 7.05 Å². The molecular weight excluding hydrogens is 150 g/mol. The number of nitrogens with one attached hydrogen (secondary N) is 1. The Balaban J connectivity index is 3.92. The maximum atomic E-state index is 9.92. The van der Waals surface area contributed by atoms with Crippen molar-refractivity contribution in [1.82, 2.24) is 5.32 Å². The first-order valence-corrected chi connectivity index (χ1v) is 3.46. The maximum absolute atomic E-state index is 9.92. The number of ether oxygens (including phenoxy) is 1. The second kappa shape index (κ2) is 3.83. The molecule has 0 rings (SSSR count). The van der Waals surface area contributed by atoms with Crippen LogP contribution in [-0.4, -0.2) is 24.5 Å². The fourth-order valence-electron chi connectivity index (χ4n) is 0.643. The summed E-state index contributed by atoms with van der Waals surface area (Å²) in [4.78, 5) is 9.92. The van der Waals surface area contributed by atoms with Crippen molar-refractivity contribution in [2.45, 2.75) is 24.8 Å². The molecule has 1 unspecified atom stereocenters. The Labute approximate surface area is 66.5 Å². The highest BCUT2D eigenvalue weighted by Crippen LogP contribution is 2.17. The van der Waals surface area contributed by atoms with Gasteiger partial charge in [0.1, 0.15) is 0 Å². The third-order valence-corrected chi connectivity index (χ3v) is 1.33. The Morgan fingerprint density at radius 1 is 1.70 bits per heavy atom. The molecule has 4 heteroatoms. The van der Waals surface area contributed by atoms with Crippen LogP contribution in [0, 0.1) is 0 Å². The third kappa shape index (κ3) is 3.08. The van der Waals surface area contributed by atoms with E-state index in [1.165, 1.54) is 0 Å². The van der Waals surface area contributed by atoms with Gasteiger partial charge in [0.25, 0.3) is 6.47 Å². The van der Waals surface area contributed by atoms with Crippen LogP contribution in [-0.2, 0) is 9.53 Å². The van der Waals surface area contributed by atoms with E-state index in [0.29, 0.717) is 6.47 Å². The second-order valence-electron chi connectivity index (χ2n) is 2.55. The van der Waals surface area contributed by atoms with Gasteiger partial charge in [0.05, 0.1) is 4.75 Å². The zero-order valence-corrected chi connectivity index (χ0v) is 7.31. The number of hydrogen-bond donors (Lipinski definition) is 2.